The number of carbonyl (C=O) groups excluding carboxylic acids is 1. The maximum atomic E-state index is 15.2. The van der Waals surface area contributed by atoms with E-state index in [1.165, 1.54) is 12.1 Å². The molecule has 0 unspecified atom stereocenters. The average molecular weight is 629 g/mol. The van der Waals surface area contributed by atoms with E-state index in [1.54, 1.807) is 20.8 Å². The lowest BCUT2D eigenvalue weighted by molar-refractivity contribution is -0.102. The molecule has 0 radical (unpaired) electrons. The van der Waals surface area contributed by atoms with Crippen LogP contribution in [-0.2, 0) is 32.2 Å². The number of H-pyrrole nitrogens is 1. The monoisotopic (exact) mass is 628 g/mol. The molecule has 2 aliphatic rings. The van der Waals surface area contributed by atoms with E-state index in [2.05, 4.69) is 21.4 Å². The molecule has 2 aromatic heterocycles. The Morgan fingerprint density at radius 3 is 2.77 bits per heavy atom. The van der Waals surface area contributed by atoms with Crippen LogP contribution in [-0.4, -0.2) is 54.2 Å². The fourth-order valence-electron chi connectivity index (χ4n) is 5.14. The number of halogens is 2. The SMILES string of the molecule is CC(C)(C)OC(=O)Nc1sc2c(F)ccc(-c3c4c(c5c(=O)[nH]c(OC[C@H]6COCCO6)nc5c3Cl)COC4)c2c1C#N. The van der Waals surface area contributed by atoms with Gasteiger partial charge in [0, 0.05) is 10.9 Å². The molecule has 0 bridgehead atoms. The molecule has 0 saturated carbocycles. The van der Waals surface area contributed by atoms with Gasteiger partial charge in [0.05, 0.1) is 53.7 Å². The van der Waals surface area contributed by atoms with E-state index in [0.29, 0.717) is 42.1 Å². The normalized spacial score (nSPS) is 16.7. The smallest absolute Gasteiger partial charge is 0.412 e. The first-order chi connectivity index (χ1) is 20.6. The molecular formula is C29H26ClFN4O7S. The molecule has 1 saturated heterocycles. The van der Waals surface area contributed by atoms with Gasteiger partial charge >= 0.3 is 6.09 Å². The van der Waals surface area contributed by atoms with Crippen molar-refractivity contribution in [3.63, 3.8) is 0 Å². The number of carbonyl (C=O) groups is 1. The van der Waals surface area contributed by atoms with Crippen LogP contribution in [0.25, 0.3) is 32.1 Å². The Labute approximate surface area is 253 Å². The first kappa shape index (κ1) is 29.3. The quantitative estimate of drug-likeness (QED) is 0.287. The molecule has 1 amide bonds. The Balaban J connectivity index is 1.51. The Hall–Kier alpha value is -3.80. The second kappa shape index (κ2) is 11.4. The molecule has 4 heterocycles. The fraction of sp³-hybridized carbons (Fsp3) is 0.379. The highest BCUT2D eigenvalue weighted by molar-refractivity contribution is 7.23. The summed E-state index contributed by atoms with van der Waals surface area (Å²) in [5.41, 5.74) is 1.03. The van der Waals surface area contributed by atoms with Crippen LogP contribution in [0.15, 0.2) is 16.9 Å². The number of rotatable bonds is 5. The zero-order chi connectivity index (χ0) is 30.5. The van der Waals surface area contributed by atoms with Crippen LogP contribution in [0.3, 0.4) is 0 Å². The third kappa shape index (κ3) is 5.52. The van der Waals surface area contributed by atoms with Crippen LogP contribution in [0.5, 0.6) is 6.01 Å². The number of nitrogens with zero attached hydrogens (tertiary/aromatic N) is 2. The summed E-state index contributed by atoms with van der Waals surface area (Å²) >= 11 is 7.93. The number of amides is 1. The predicted octanol–water partition coefficient (Wildman–Crippen LogP) is 5.64. The Kier molecular flexibility index (Phi) is 7.74. The number of aromatic nitrogens is 2. The van der Waals surface area contributed by atoms with Gasteiger partial charge < -0.3 is 23.7 Å². The molecule has 1 atom stereocenters. The standard InChI is InChI=1S/C29H26ClFN4O7S/c1-29(2,3)42-28(37)35-26-15(8-32)20-14(4-5-18(31)24(20)43-26)19-16-11-39-12-17(16)21-23(22(19)30)33-27(34-25(21)36)41-10-13-9-38-6-7-40-13/h4-5,13H,6-7,9-12H2,1-3H3,(H,35,37)(H,33,34,36)/t13-/m1/s1. The van der Waals surface area contributed by atoms with E-state index >= 15 is 4.39 Å². The van der Waals surface area contributed by atoms with Crippen LogP contribution < -0.4 is 15.6 Å². The number of benzene rings is 2. The molecule has 0 spiro atoms. The molecule has 224 valence electrons. The minimum atomic E-state index is -0.784. The maximum absolute atomic E-state index is 15.2. The number of ether oxygens (including phenoxy) is 5. The number of nitrogens with one attached hydrogen (secondary N) is 2. The summed E-state index contributed by atoms with van der Waals surface area (Å²) in [6.07, 6.45) is -1.11. The number of aromatic amines is 1. The van der Waals surface area contributed by atoms with Crippen molar-refractivity contribution in [3.05, 3.63) is 50.0 Å². The van der Waals surface area contributed by atoms with Crippen molar-refractivity contribution in [1.29, 1.82) is 5.26 Å². The molecular weight excluding hydrogens is 603 g/mol. The van der Waals surface area contributed by atoms with E-state index in [-0.39, 0.29) is 68.5 Å². The van der Waals surface area contributed by atoms with E-state index in [9.17, 15) is 14.9 Å². The van der Waals surface area contributed by atoms with E-state index in [1.807, 2.05) is 0 Å². The summed E-state index contributed by atoms with van der Waals surface area (Å²) in [6, 6.07) is 4.82. The van der Waals surface area contributed by atoms with Gasteiger partial charge in [-0.05, 0) is 43.5 Å². The molecule has 2 aromatic carbocycles. The highest BCUT2D eigenvalue weighted by Crippen LogP contribution is 2.48. The highest BCUT2D eigenvalue weighted by Gasteiger charge is 2.30. The third-order valence-corrected chi connectivity index (χ3v) is 8.34. The van der Waals surface area contributed by atoms with E-state index in [4.69, 9.17) is 35.3 Å². The molecule has 1 fully saturated rings. The largest absolute Gasteiger partial charge is 0.462 e. The van der Waals surface area contributed by atoms with Gasteiger partial charge in [-0.1, -0.05) is 17.7 Å². The lowest BCUT2D eigenvalue weighted by Crippen LogP contribution is -2.33. The number of hydrogen-bond acceptors (Lipinski definition) is 10. The Morgan fingerprint density at radius 2 is 2.05 bits per heavy atom. The van der Waals surface area contributed by atoms with Gasteiger partial charge in [-0.2, -0.15) is 10.2 Å². The van der Waals surface area contributed by atoms with Crippen molar-refractivity contribution in [3.8, 4) is 23.2 Å². The van der Waals surface area contributed by atoms with Gasteiger partial charge in [0.1, 0.15) is 40.7 Å². The molecule has 43 heavy (non-hydrogen) atoms. The minimum Gasteiger partial charge on any atom is -0.462 e. The van der Waals surface area contributed by atoms with Crippen LogP contribution in [0.2, 0.25) is 5.02 Å². The number of hydrogen-bond donors (Lipinski definition) is 2. The molecule has 6 rings (SSSR count). The van der Waals surface area contributed by atoms with Crippen LogP contribution in [0.4, 0.5) is 14.2 Å². The van der Waals surface area contributed by atoms with E-state index < -0.39 is 23.1 Å². The van der Waals surface area contributed by atoms with Crippen molar-refractivity contribution < 1.29 is 32.9 Å². The zero-order valence-electron chi connectivity index (χ0n) is 23.4. The molecule has 14 heteroatoms. The lowest BCUT2D eigenvalue weighted by atomic mass is 9.91. The number of thiophene rings is 1. The first-order valence-electron chi connectivity index (χ1n) is 13.4. The summed E-state index contributed by atoms with van der Waals surface area (Å²) in [6.45, 7) is 6.76. The van der Waals surface area contributed by atoms with Crippen LogP contribution >= 0.6 is 22.9 Å². The van der Waals surface area contributed by atoms with Crippen molar-refractivity contribution in [1.82, 2.24) is 9.97 Å². The van der Waals surface area contributed by atoms with Crippen molar-refractivity contribution in [2.24, 2.45) is 0 Å². The summed E-state index contributed by atoms with van der Waals surface area (Å²) in [5.74, 6) is -0.582. The Morgan fingerprint density at radius 1 is 1.26 bits per heavy atom. The second-order valence-electron chi connectivity index (χ2n) is 11.0. The highest BCUT2D eigenvalue weighted by atomic mass is 35.5. The van der Waals surface area contributed by atoms with Gasteiger partial charge in [0.25, 0.3) is 11.6 Å². The molecule has 2 aliphatic heterocycles. The second-order valence-corrected chi connectivity index (χ2v) is 12.4. The molecule has 4 aromatic rings. The Bertz CT molecular complexity index is 1870. The van der Waals surface area contributed by atoms with Gasteiger partial charge in [-0.25, -0.2) is 9.18 Å². The summed E-state index contributed by atoms with van der Waals surface area (Å²) in [7, 11) is 0. The van der Waals surface area contributed by atoms with Gasteiger partial charge in [-0.15, -0.1) is 11.3 Å². The predicted molar refractivity (Wildman–Crippen MR) is 157 cm³/mol. The van der Waals surface area contributed by atoms with Crippen molar-refractivity contribution >= 4 is 55.0 Å². The number of nitriles is 1. The average Bonchev–Trinajstić information content (AvgIpc) is 3.58. The van der Waals surface area contributed by atoms with Gasteiger partial charge in [-0.3, -0.25) is 15.1 Å². The van der Waals surface area contributed by atoms with Crippen molar-refractivity contribution in [2.75, 3.05) is 31.7 Å². The summed E-state index contributed by atoms with van der Waals surface area (Å²) in [5, 5.41) is 13.5. The van der Waals surface area contributed by atoms with Gasteiger partial charge in [0.15, 0.2) is 0 Å². The summed E-state index contributed by atoms with van der Waals surface area (Å²) in [4.78, 5) is 33.0. The van der Waals surface area contributed by atoms with Crippen molar-refractivity contribution in [2.45, 2.75) is 45.7 Å². The van der Waals surface area contributed by atoms with Gasteiger partial charge in [0.2, 0.25) is 0 Å². The van der Waals surface area contributed by atoms with Crippen LogP contribution in [0, 0.1) is 17.1 Å². The maximum Gasteiger partial charge on any atom is 0.412 e. The molecule has 2 N–H and O–H groups in total. The minimum absolute atomic E-state index is 0.0433. The van der Waals surface area contributed by atoms with E-state index in [0.717, 1.165) is 11.3 Å². The number of fused-ring (bicyclic) bond motifs is 4. The fourth-order valence-corrected chi connectivity index (χ4v) is 6.56. The number of anilines is 1. The molecule has 0 aliphatic carbocycles. The molecule has 11 nitrogen and oxygen atoms in total. The topological polar surface area (TPSA) is 145 Å². The lowest BCUT2D eigenvalue weighted by Gasteiger charge is -2.22. The first-order valence-corrected chi connectivity index (χ1v) is 14.6. The zero-order valence-corrected chi connectivity index (χ0v) is 25.0. The van der Waals surface area contributed by atoms with Crippen LogP contribution in [0.1, 0.15) is 37.5 Å². The third-order valence-electron chi connectivity index (χ3n) is 6.86. The summed E-state index contributed by atoms with van der Waals surface area (Å²) < 4.78 is 43.2.